The molecule has 0 radical (unpaired) electrons. The minimum absolute atomic E-state index is 0.624. The minimum atomic E-state index is 0.624. The van der Waals surface area contributed by atoms with E-state index in [1.807, 2.05) is 0 Å². The summed E-state index contributed by atoms with van der Waals surface area (Å²) in [6.45, 7) is 11.5. The highest BCUT2D eigenvalue weighted by Gasteiger charge is 2.21. The molecule has 0 saturated carbocycles. The summed E-state index contributed by atoms with van der Waals surface area (Å²) >= 11 is 0. The molecule has 1 aliphatic heterocycles. The third-order valence-electron chi connectivity index (χ3n) is 3.36. The topological polar surface area (TPSA) is 32.5 Å². The van der Waals surface area contributed by atoms with E-state index in [0.29, 0.717) is 6.04 Å². The third kappa shape index (κ3) is 4.09. The Morgan fingerprint density at radius 3 is 2.20 bits per heavy atom. The van der Waals surface area contributed by atoms with Gasteiger partial charge in [-0.15, -0.1) is 0 Å². The van der Waals surface area contributed by atoms with Gasteiger partial charge in [-0.05, 0) is 19.4 Å². The predicted octanol–water partition coefficient (Wildman–Crippen LogP) is 1.14. The Bertz CT molecular complexity index is 153. The van der Waals surface area contributed by atoms with E-state index in [9.17, 15) is 0 Å². The lowest BCUT2D eigenvalue weighted by molar-refractivity contribution is 0.0947. The van der Waals surface area contributed by atoms with Gasteiger partial charge in [-0.25, -0.2) is 0 Å². The molecule has 3 nitrogen and oxygen atoms in total. The lowest BCUT2D eigenvalue weighted by atomic mass is 10.1. The first-order chi connectivity index (χ1) is 7.31. The van der Waals surface area contributed by atoms with E-state index in [2.05, 4.69) is 23.6 Å². The van der Waals surface area contributed by atoms with Crippen LogP contribution in [0.4, 0.5) is 0 Å². The van der Waals surface area contributed by atoms with Gasteiger partial charge >= 0.3 is 0 Å². The molecule has 1 rings (SSSR count). The first kappa shape index (κ1) is 12.9. The molecule has 0 aromatic carbocycles. The van der Waals surface area contributed by atoms with Gasteiger partial charge in [0.05, 0.1) is 0 Å². The highest BCUT2D eigenvalue weighted by atomic mass is 15.3. The summed E-state index contributed by atoms with van der Waals surface area (Å²) in [5.74, 6) is 0. The Kier molecular flexibility index (Phi) is 6.22. The van der Waals surface area contributed by atoms with Crippen molar-refractivity contribution in [3.05, 3.63) is 0 Å². The van der Waals surface area contributed by atoms with Crippen molar-refractivity contribution in [2.45, 2.75) is 39.2 Å². The smallest absolute Gasteiger partial charge is 0.0219 e. The third-order valence-corrected chi connectivity index (χ3v) is 3.36. The van der Waals surface area contributed by atoms with E-state index in [1.165, 1.54) is 52.0 Å². The second-order valence-corrected chi connectivity index (χ2v) is 4.56. The van der Waals surface area contributed by atoms with Crippen LogP contribution in [-0.2, 0) is 0 Å². The van der Waals surface area contributed by atoms with Crippen LogP contribution in [0.15, 0.2) is 0 Å². The van der Waals surface area contributed by atoms with Crippen molar-refractivity contribution in [1.82, 2.24) is 9.80 Å². The summed E-state index contributed by atoms with van der Waals surface area (Å²) in [5, 5.41) is 0. The molecule has 1 heterocycles. The molecule has 2 N–H and O–H groups in total. The molecule has 1 fully saturated rings. The molecule has 0 amide bonds. The number of hydrogen-bond acceptors (Lipinski definition) is 3. The van der Waals surface area contributed by atoms with Crippen molar-refractivity contribution in [2.24, 2.45) is 5.73 Å². The fourth-order valence-electron chi connectivity index (χ4n) is 2.45. The largest absolute Gasteiger partial charge is 0.329 e. The second-order valence-electron chi connectivity index (χ2n) is 4.56. The lowest BCUT2D eigenvalue weighted by Crippen LogP contribution is -2.52. The van der Waals surface area contributed by atoms with E-state index in [0.717, 1.165) is 6.54 Å². The van der Waals surface area contributed by atoms with Gasteiger partial charge in [0.1, 0.15) is 0 Å². The van der Waals surface area contributed by atoms with E-state index in [4.69, 9.17) is 5.73 Å². The van der Waals surface area contributed by atoms with Crippen LogP contribution in [0.2, 0.25) is 0 Å². The number of piperazine rings is 1. The highest BCUT2D eigenvalue weighted by Crippen LogP contribution is 2.10. The normalized spacial score (nSPS) is 21.8. The van der Waals surface area contributed by atoms with Gasteiger partial charge in [0.25, 0.3) is 0 Å². The fraction of sp³-hybridized carbons (Fsp3) is 1.00. The maximum absolute atomic E-state index is 5.83. The summed E-state index contributed by atoms with van der Waals surface area (Å²) in [6, 6.07) is 0.624. The molecule has 15 heavy (non-hydrogen) atoms. The fourth-order valence-corrected chi connectivity index (χ4v) is 2.45. The molecule has 1 saturated heterocycles. The summed E-state index contributed by atoms with van der Waals surface area (Å²) in [5.41, 5.74) is 5.83. The summed E-state index contributed by atoms with van der Waals surface area (Å²) in [7, 11) is 0. The first-order valence-corrected chi connectivity index (χ1v) is 6.48. The van der Waals surface area contributed by atoms with Crippen molar-refractivity contribution in [2.75, 3.05) is 39.3 Å². The number of nitrogens with two attached hydrogens (primary N) is 1. The number of rotatable bonds is 6. The number of nitrogens with zero attached hydrogens (tertiary/aromatic N) is 2. The van der Waals surface area contributed by atoms with Crippen LogP contribution in [0.5, 0.6) is 0 Å². The Balaban J connectivity index is 2.28. The average molecular weight is 213 g/mol. The van der Waals surface area contributed by atoms with Crippen molar-refractivity contribution in [3.63, 3.8) is 0 Å². The SMILES string of the molecule is CCCC(CN)N1CCN(CCC)CC1. The zero-order valence-corrected chi connectivity index (χ0v) is 10.4. The summed E-state index contributed by atoms with van der Waals surface area (Å²) in [6.07, 6.45) is 3.77. The van der Waals surface area contributed by atoms with Crippen molar-refractivity contribution in [1.29, 1.82) is 0 Å². The zero-order chi connectivity index (χ0) is 11.1. The molecular weight excluding hydrogens is 186 g/mol. The summed E-state index contributed by atoms with van der Waals surface area (Å²) < 4.78 is 0. The average Bonchev–Trinajstić information content (AvgIpc) is 2.28. The van der Waals surface area contributed by atoms with E-state index in [1.54, 1.807) is 0 Å². The molecule has 0 aliphatic carbocycles. The zero-order valence-electron chi connectivity index (χ0n) is 10.4. The van der Waals surface area contributed by atoms with Gasteiger partial charge in [-0.3, -0.25) is 4.90 Å². The molecule has 0 bridgehead atoms. The lowest BCUT2D eigenvalue weighted by Gasteiger charge is -2.38. The molecule has 0 spiro atoms. The number of hydrogen-bond donors (Lipinski definition) is 1. The van der Waals surface area contributed by atoms with Gasteiger partial charge in [0.15, 0.2) is 0 Å². The van der Waals surface area contributed by atoms with Crippen LogP contribution >= 0.6 is 0 Å². The molecular formula is C12H27N3. The van der Waals surface area contributed by atoms with Crippen LogP contribution in [0.1, 0.15) is 33.1 Å². The van der Waals surface area contributed by atoms with Crippen LogP contribution in [0, 0.1) is 0 Å². The van der Waals surface area contributed by atoms with Gasteiger partial charge in [-0.2, -0.15) is 0 Å². The maximum atomic E-state index is 5.83. The molecule has 90 valence electrons. The predicted molar refractivity (Wildman–Crippen MR) is 66.1 cm³/mol. The van der Waals surface area contributed by atoms with Gasteiger partial charge in [0, 0.05) is 38.8 Å². The Hall–Kier alpha value is -0.120. The quantitative estimate of drug-likeness (QED) is 0.718. The molecule has 1 atom stereocenters. The monoisotopic (exact) mass is 213 g/mol. The highest BCUT2D eigenvalue weighted by molar-refractivity contribution is 4.78. The van der Waals surface area contributed by atoms with E-state index < -0.39 is 0 Å². The summed E-state index contributed by atoms with van der Waals surface area (Å²) in [4.78, 5) is 5.14. The van der Waals surface area contributed by atoms with Crippen molar-refractivity contribution >= 4 is 0 Å². The molecule has 0 aromatic rings. The van der Waals surface area contributed by atoms with Crippen molar-refractivity contribution in [3.8, 4) is 0 Å². The maximum Gasteiger partial charge on any atom is 0.0219 e. The van der Waals surface area contributed by atoms with Gasteiger partial charge < -0.3 is 10.6 Å². The molecule has 1 unspecified atom stereocenters. The van der Waals surface area contributed by atoms with Crippen LogP contribution in [-0.4, -0.2) is 55.1 Å². The van der Waals surface area contributed by atoms with Crippen LogP contribution < -0.4 is 5.73 Å². The van der Waals surface area contributed by atoms with E-state index >= 15 is 0 Å². The van der Waals surface area contributed by atoms with Gasteiger partial charge in [-0.1, -0.05) is 20.3 Å². The van der Waals surface area contributed by atoms with Gasteiger partial charge in [0.2, 0.25) is 0 Å². The van der Waals surface area contributed by atoms with Crippen LogP contribution in [0.25, 0.3) is 0 Å². The Morgan fingerprint density at radius 2 is 1.73 bits per heavy atom. The van der Waals surface area contributed by atoms with Crippen LogP contribution in [0.3, 0.4) is 0 Å². The Morgan fingerprint density at radius 1 is 1.07 bits per heavy atom. The van der Waals surface area contributed by atoms with Crippen molar-refractivity contribution < 1.29 is 0 Å². The first-order valence-electron chi connectivity index (χ1n) is 6.48. The second kappa shape index (κ2) is 7.20. The minimum Gasteiger partial charge on any atom is -0.329 e. The molecule has 3 heteroatoms. The van der Waals surface area contributed by atoms with E-state index in [-0.39, 0.29) is 0 Å². The molecule has 0 aromatic heterocycles. The Labute approximate surface area is 94.6 Å². The standard InChI is InChI=1S/C12H27N3/c1-3-5-12(11-13)15-9-7-14(6-4-2)8-10-15/h12H,3-11,13H2,1-2H3. The molecule has 1 aliphatic rings.